The number of fused-ring (bicyclic) bond motifs is 1. The van der Waals surface area contributed by atoms with Gasteiger partial charge in [-0.15, -0.1) is 0 Å². The Hall–Kier alpha value is -2.62. The number of esters is 1. The predicted octanol–water partition coefficient (Wildman–Crippen LogP) is 4.25. The molecule has 4 heteroatoms. The van der Waals surface area contributed by atoms with Crippen molar-refractivity contribution in [1.82, 2.24) is 9.97 Å². The SMILES string of the molecule is CC.Cc1ccc2nc(C(=O)OCc3ccccc3)[nH]c2c1. The number of hydrogen-bond donors (Lipinski definition) is 1. The van der Waals surface area contributed by atoms with Gasteiger partial charge in [0.2, 0.25) is 5.82 Å². The van der Waals surface area contributed by atoms with Crippen molar-refractivity contribution in [3.05, 3.63) is 65.5 Å². The average molecular weight is 296 g/mol. The molecule has 0 aliphatic heterocycles. The number of aryl methyl sites for hydroxylation is 1. The van der Waals surface area contributed by atoms with Gasteiger partial charge in [0.25, 0.3) is 0 Å². The number of nitrogens with zero attached hydrogens (tertiary/aromatic N) is 1. The highest BCUT2D eigenvalue weighted by Crippen LogP contribution is 2.14. The number of carbonyl (C=O) groups excluding carboxylic acids is 1. The molecule has 3 rings (SSSR count). The maximum Gasteiger partial charge on any atom is 0.374 e. The maximum atomic E-state index is 12.0. The predicted molar refractivity (Wildman–Crippen MR) is 87.7 cm³/mol. The van der Waals surface area contributed by atoms with Crippen molar-refractivity contribution in [2.24, 2.45) is 0 Å². The molecule has 1 heterocycles. The first-order chi connectivity index (χ1) is 10.7. The molecule has 0 saturated carbocycles. The molecule has 0 amide bonds. The van der Waals surface area contributed by atoms with Crippen LogP contribution in [0.5, 0.6) is 0 Å². The van der Waals surface area contributed by atoms with Crippen LogP contribution in [0.1, 0.15) is 35.6 Å². The van der Waals surface area contributed by atoms with E-state index in [1.165, 1.54) is 0 Å². The second-order valence-corrected chi connectivity index (χ2v) is 4.67. The monoisotopic (exact) mass is 296 g/mol. The van der Waals surface area contributed by atoms with Crippen LogP contribution in [-0.4, -0.2) is 15.9 Å². The van der Waals surface area contributed by atoms with Crippen LogP contribution in [0, 0.1) is 6.92 Å². The van der Waals surface area contributed by atoms with Crippen LogP contribution < -0.4 is 0 Å². The van der Waals surface area contributed by atoms with Gasteiger partial charge in [0.05, 0.1) is 11.0 Å². The Morgan fingerprint density at radius 2 is 1.86 bits per heavy atom. The normalized spacial score (nSPS) is 9.95. The second kappa shape index (κ2) is 7.41. The summed E-state index contributed by atoms with van der Waals surface area (Å²) in [5.74, 6) is -0.204. The Morgan fingerprint density at radius 1 is 1.14 bits per heavy atom. The van der Waals surface area contributed by atoms with Gasteiger partial charge in [-0.25, -0.2) is 9.78 Å². The summed E-state index contributed by atoms with van der Waals surface area (Å²) in [5.41, 5.74) is 3.68. The average Bonchev–Trinajstić information content (AvgIpc) is 2.98. The highest BCUT2D eigenvalue weighted by atomic mass is 16.5. The first-order valence-corrected chi connectivity index (χ1v) is 7.40. The Morgan fingerprint density at radius 3 is 2.59 bits per heavy atom. The zero-order chi connectivity index (χ0) is 15.9. The molecular weight excluding hydrogens is 276 g/mol. The van der Waals surface area contributed by atoms with Gasteiger partial charge < -0.3 is 9.72 Å². The highest BCUT2D eigenvalue weighted by Gasteiger charge is 2.13. The molecule has 0 bridgehead atoms. The maximum absolute atomic E-state index is 12.0. The summed E-state index contributed by atoms with van der Waals surface area (Å²) in [6.07, 6.45) is 0. The van der Waals surface area contributed by atoms with Gasteiger partial charge in [-0.05, 0) is 30.2 Å². The molecule has 0 radical (unpaired) electrons. The van der Waals surface area contributed by atoms with E-state index in [0.717, 1.165) is 22.2 Å². The third-order valence-electron chi connectivity index (χ3n) is 3.04. The third-order valence-corrected chi connectivity index (χ3v) is 3.04. The molecule has 0 spiro atoms. The van der Waals surface area contributed by atoms with Crippen LogP contribution in [-0.2, 0) is 11.3 Å². The van der Waals surface area contributed by atoms with E-state index < -0.39 is 5.97 Å². The number of imidazole rings is 1. The number of ether oxygens (including phenoxy) is 1. The minimum atomic E-state index is -0.442. The lowest BCUT2D eigenvalue weighted by Gasteiger charge is -2.02. The molecule has 1 N–H and O–H groups in total. The fourth-order valence-electron chi connectivity index (χ4n) is 2.01. The number of H-pyrrole nitrogens is 1. The molecule has 1 aromatic heterocycles. The van der Waals surface area contributed by atoms with E-state index in [-0.39, 0.29) is 12.4 Å². The van der Waals surface area contributed by atoms with Crippen molar-refractivity contribution >= 4 is 17.0 Å². The zero-order valence-corrected chi connectivity index (χ0v) is 13.1. The molecule has 3 aromatic rings. The first kappa shape index (κ1) is 15.8. The summed E-state index contributed by atoms with van der Waals surface area (Å²) in [4.78, 5) is 19.2. The molecule has 4 nitrogen and oxygen atoms in total. The Kier molecular flexibility index (Phi) is 5.31. The number of rotatable bonds is 3. The topological polar surface area (TPSA) is 55.0 Å². The summed E-state index contributed by atoms with van der Waals surface area (Å²) in [6.45, 7) is 6.24. The van der Waals surface area contributed by atoms with Gasteiger partial charge in [-0.1, -0.05) is 50.2 Å². The standard InChI is InChI=1S/C16H14N2O2.C2H6/c1-11-7-8-13-14(9-11)18-15(17-13)16(19)20-10-12-5-3-2-4-6-12;1-2/h2-9H,10H2,1H3,(H,17,18);1-2H3. The first-order valence-electron chi connectivity index (χ1n) is 7.40. The largest absolute Gasteiger partial charge is 0.455 e. The van der Waals surface area contributed by atoms with E-state index in [2.05, 4.69) is 9.97 Å². The number of hydrogen-bond acceptors (Lipinski definition) is 3. The van der Waals surface area contributed by atoms with Crippen molar-refractivity contribution in [2.45, 2.75) is 27.4 Å². The van der Waals surface area contributed by atoms with Crippen molar-refractivity contribution in [1.29, 1.82) is 0 Å². The van der Waals surface area contributed by atoms with Gasteiger partial charge in [0.1, 0.15) is 6.61 Å². The number of aromatic amines is 1. The Bertz CT molecular complexity index is 748. The Labute approximate surface area is 130 Å². The molecule has 0 saturated heterocycles. The molecule has 2 aromatic carbocycles. The molecule has 0 aliphatic rings. The molecule has 114 valence electrons. The molecule has 0 atom stereocenters. The van der Waals surface area contributed by atoms with Crippen LogP contribution in [0.25, 0.3) is 11.0 Å². The number of benzene rings is 2. The fraction of sp³-hybridized carbons (Fsp3) is 0.222. The molecule has 0 aliphatic carbocycles. The van der Waals surface area contributed by atoms with Crippen molar-refractivity contribution in [3.8, 4) is 0 Å². The molecule has 0 fully saturated rings. The lowest BCUT2D eigenvalue weighted by atomic mass is 10.2. The van der Waals surface area contributed by atoms with E-state index >= 15 is 0 Å². The quantitative estimate of drug-likeness (QED) is 0.735. The number of aromatic nitrogens is 2. The minimum Gasteiger partial charge on any atom is -0.455 e. The van der Waals surface area contributed by atoms with Gasteiger partial charge >= 0.3 is 5.97 Å². The lowest BCUT2D eigenvalue weighted by molar-refractivity contribution is 0.0460. The van der Waals surface area contributed by atoms with Crippen LogP contribution in [0.4, 0.5) is 0 Å². The van der Waals surface area contributed by atoms with E-state index in [4.69, 9.17) is 4.74 Å². The van der Waals surface area contributed by atoms with E-state index in [9.17, 15) is 4.79 Å². The number of nitrogens with one attached hydrogen (secondary N) is 1. The fourth-order valence-corrected chi connectivity index (χ4v) is 2.01. The summed E-state index contributed by atoms with van der Waals surface area (Å²) in [5, 5.41) is 0. The van der Waals surface area contributed by atoms with E-state index in [0.29, 0.717) is 0 Å². The van der Waals surface area contributed by atoms with Gasteiger partial charge in [0, 0.05) is 0 Å². The van der Waals surface area contributed by atoms with Crippen molar-refractivity contribution in [3.63, 3.8) is 0 Å². The summed E-state index contributed by atoms with van der Waals surface area (Å²) in [6, 6.07) is 15.4. The highest BCUT2D eigenvalue weighted by molar-refractivity contribution is 5.90. The smallest absolute Gasteiger partial charge is 0.374 e. The van der Waals surface area contributed by atoms with Crippen LogP contribution >= 0.6 is 0 Å². The summed E-state index contributed by atoms with van der Waals surface area (Å²) >= 11 is 0. The third kappa shape index (κ3) is 3.73. The molecular formula is C18H20N2O2. The van der Waals surface area contributed by atoms with E-state index in [1.807, 2.05) is 69.3 Å². The van der Waals surface area contributed by atoms with E-state index in [1.54, 1.807) is 0 Å². The van der Waals surface area contributed by atoms with Crippen LogP contribution in [0.2, 0.25) is 0 Å². The zero-order valence-electron chi connectivity index (χ0n) is 13.1. The summed E-state index contributed by atoms with van der Waals surface area (Å²) in [7, 11) is 0. The van der Waals surface area contributed by atoms with Crippen LogP contribution in [0.3, 0.4) is 0 Å². The van der Waals surface area contributed by atoms with Crippen LogP contribution in [0.15, 0.2) is 48.5 Å². The lowest BCUT2D eigenvalue weighted by Crippen LogP contribution is -2.07. The summed E-state index contributed by atoms with van der Waals surface area (Å²) < 4.78 is 5.24. The Balaban J connectivity index is 0.000000847. The van der Waals surface area contributed by atoms with Gasteiger partial charge in [0.15, 0.2) is 0 Å². The molecule has 0 unspecified atom stereocenters. The number of carbonyl (C=O) groups is 1. The van der Waals surface area contributed by atoms with Crippen molar-refractivity contribution in [2.75, 3.05) is 0 Å². The van der Waals surface area contributed by atoms with Crippen molar-refractivity contribution < 1.29 is 9.53 Å². The molecule has 22 heavy (non-hydrogen) atoms. The van der Waals surface area contributed by atoms with Gasteiger partial charge in [-0.2, -0.15) is 0 Å². The van der Waals surface area contributed by atoms with Gasteiger partial charge in [-0.3, -0.25) is 0 Å². The second-order valence-electron chi connectivity index (χ2n) is 4.67. The minimum absolute atomic E-state index is 0.238.